The van der Waals surface area contributed by atoms with Crippen LogP contribution in [-0.2, 0) is 28.5 Å². The molecule has 1 saturated heterocycles. The summed E-state index contributed by atoms with van der Waals surface area (Å²) in [6.07, 6.45) is -4.01. The molecule has 1 aromatic carbocycles. The molecule has 0 amide bonds. The molecular formula is C17H20N2O11. The third kappa shape index (κ3) is 5.33. The van der Waals surface area contributed by atoms with Crippen LogP contribution in [0.4, 0.5) is 11.4 Å². The molecule has 1 fully saturated rings. The van der Waals surface area contributed by atoms with E-state index in [1.165, 1.54) is 14.2 Å². The van der Waals surface area contributed by atoms with E-state index >= 15 is 0 Å². The van der Waals surface area contributed by atoms with Gasteiger partial charge in [-0.15, -0.1) is 0 Å². The lowest BCUT2D eigenvalue weighted by atomic mass is 10.1. The van der Waals surface area contributed by atoms with Crippen LogP contribution < -0.4 is 0 Å². The second-order valence-corrected chi connectivity index (χ2v) is 6.66. The fourth-order valence-corrected chi connectivity index (χ4v) is 2.72. The lowest BCUT2D eigenvalue weighted by Crippen LogP contribution is -2.56. The highest BCUT2D eigenvalue weighted by Gasteiger charge is 2.45. The third-order valence-corrected chi connectivity index (χ3v) is 4.12. The van der Waals surface area contributed by atoms with Crippen LogP contribution in [0.2, 0.25) is 0 Å². The number of rotatable bonds is 8. The number of hydrogen-bond acceptors (Lipinski definition) is 11. The second-order valence-electron chi connectivity index (χ2n) is 6.66. The van der Waals surface area contributed by atoms with Gasteiger partial charge in [0, 0.05) is 26.4 Å². The van der Waals surface area contributed by atoms with E-state index in [4.69, 9.17) is 23.7 Å². The molecule has 1 aliphatic rings. The van der Waals surface area contributed by atoms with Crippen molar-refractivity contribution in [3.8, 4) is 0 Å². The number of nitro groups is 2. The van der Waals surface area contributed by atoms with Crippen molar-refractivity contribution < 1.29 is 43.1 Å². The Bertz CT molecular complexity index is 818. The Hall–Kier alpha value is -3.00. The van der Waals surface area contributed by atoms with Crippen LogP contribution in [0.3, 0.4) is 0 Å². The zero-order valence-electron chi connectivity index (χ0n) is 16.6. The molecule has 0 spiro atoms. The van der Waals surface area contributed by atoms with Gasteiger partial charge in [0.1, 0.15) is 6.61 Å². The molecular weight excluding hydrogens is 408 g/mol. The van der Waals surface area contributed by atoms with E-state index in [1.54, 1.807) is 13.8 Å². The fourth-order valence-electron chi connectivity index (χ4n) is 2.72. The van der Waals surface area contributed by atoms with Gasteiger partial charge in [0.25, 0.3) is 11.4 Å². The Balaban J connectivity index is 2.40. The summed E-state index contributed by atoms with van der Waals surface area (Å²) in [6.45, 7) is 2.77. The van der Waals surface area contributed by atoms with Gasteiger partial charge < -0.3 is 23.7 Å². The number of carbonyl (C=O) groups is 2. The standard InChI is InChI=1S/C17H20N2O11/c1-17(2)28-8-12(20)13(30-17)14(16(26-3)27-4)29-15(21)9-5-10(18(22)23)7-11(6-9)19(24)25/h5-7,13-14,16H,8H2,1-4H3/t13-,14-/m1/s1. The summed E-state index contributed by atoms with van der Waals surface area (Å²) < 4.78 is 26.3. The number of ether oxygens (including phenoxy) is 5. The zero-order valence-corrected chi connectivity index (χ0v) is 16.6. The summed E-state index contributed by atoms with van der Waals surface area (Å²) in [5.74, 6) is -2.91. The number of benzene rings is 1. The number of esters is 1. The fraction of sp³-hybridized carbons (Fsp3) is 0.529. The van der Waals surface area contributed by atoms with Crippen LogP contribution in [0, 0.1) is 20.2 Å². The number of Topliss-reactive ketones (excluding diaryl/α,β-unsaturated/α-hetero) is 1. The van der Waals surface area contributed by atoms with Crippen LogP contribution in [0.5, 0.6) is 0 Å². The van der Waals surface area contributed by atoms with E-state index in [0.29, 0.717) is 6.07 Å². The van der Waals surface area contributed by atoms with Gasteiger partial charge in [-0.2, -0.15) is 0 Å². The van der Waals surface area contributed by atoms with E-state index < -0.39 is 62.8 Å². The first-order chi connectivity index (χ1) is 14.0. The number of ketones is 1. The summed E-state index contributed by atoms with van der Waals surface area (Å²) in [7, 11) is 2.48. The summed E-state index contributed by atoms with van der Waals surface area (Å²) >= 11 is 0. The Morgan fingerprint density at radius 3 is 2.13 bits per heavy atom. The van der Waals surface area contributed by atoms with Gasteiger partial charge >= 0.3 is 5.97 Å². The van der Waals surface area contributed by atoms with Crippen molar-refractivity contribution in [3.63, 3.8) is 0 Å². The number of hydrogen-bond donors (Lipinski definition) is 0. The number of carbonyl (C=O) groups excluding carboxylic acids is 2. The molecule has 2 rings (SSSR count). The minimum Gasteiger partial charge on any atom is -0.450 e. The van der Waals surface area contributed by atoms with Gasteiger partial charge in [-0.05, 0) is 13.8 Å². The van der Waals surface area contributed by atoms with E-state index in [-0.39, 0.29) is 6.61 Å². The maximum Gasteiger partial charge on any atom is 0.339 e. The predicted molar refractivity (Wildman–Crippen MR) is 96.7 cm³/mol. The van der Waals surface area contributed by atoms with Crippen LogP contribution in [0.1, 0.15) is 24.2 Å². The average Bonchev–Trinajstić information content (AvgIpc) is 2.69. The van der Waals surface area contributed by atoms with Crippen LogP contribution in [-0.4, -0.2) is 66.7 Å². The van der Waals surface area contributed by atoms with Gasteiger partial charge in [0.2, 0.25) is 0 Å². The Kier molecular flexibility index (Phi) is 7.15. The molecule has 30 heavy (non-hydrogen) atoms. The SMILES string of the molecule is COC(OC)[C@H](OC(=O)c1cc([N+](=O)[O-])cc([N+](=O)[O-])c1)[C@@H]1OC(C)(C)OCC1=O. The molecule has 0 aliphatic carbocycles. The first-order valence-electron chi connectivity index (χ1n) is 8.54. The average molecular weight is 428 g/mol. The quantitative estimate of drug-likeness (QED) is 0.254. The highest BCUT2D eigenvalue weighted by atomic mass is 16.7. The maximum absolute atomic E-state index is 12.7. The molecule has 2 atom stereocenters. The monoisotopic (exact) mass is 428 g/mol. The second kappa shape index (κ2) is 9.21. The van der Waals surface area contributed by atoms with E-state index in [0.717, 1.165) is 12.1 Å². The Labute approximate surface area is 170 Å². The minimum atomic E-state index is -1.43. The lowest BCUT2D eigenvalue weighted by molar-refractivity contribution is -0.394. The van der Waals surface area contributed by atoms with Crippen molar-refractivity contribution in [3.05, 3.63) is 44.0 Å². The predicted octanol–water partition coefficient (Wildman–Crippen LogP) is 1.37. The first-order valence-corrected chi connectivity index (χ1v) is 8.54. The molecule has 13 heteroatoms. The van der Waals surface area contributed by atoms with E-state index in [9.17, 15) is 29.8 Å². The summed E-state index contributed by atoms with van der Waals surface area (Å²) in [4.78, 5) is 45.3. The van der Waals surface area contributed by atoms with E-state index in [1.807, 2.05) is 0 Å². The van der Waals surface area contributed by atoms with Gasteiger partial charge in [-0.1, -0.05) is 0 Å². The highest BCUT2D eigenvalue weighted by molar-refractivity contribution is 5.92. The molecule has 164 valence electrons. The van der Waals surface area contributed by atoms with Crippen LogP contribution in [0.15, 0.2) is 18.2 Å². The maximum atomic E-state index is 12.7. The van der Waals surface area contributed by atoms with Gasteiger partial charge in [-0.25, -0.2) is 4.79 Å². The molecule has 0 saturated carbocycles. The van der Waals surface area contributed by atoms with Crippen LogP contribution in [0.25, 0.3) is 0 Å². The van der Waals surface area contributed by atoms with Crippen molar-refractivity contribution in [2.24, 2.45) is 0 Å². The van der Waals surface area contributed by atoms with Crippen molar-refractivity contribution in [2.45, 2.75) is 38.1 Å². The molecule has 0 unspecified atom stereocenters. The molecule has 1 aromatic rings. The summed E-state index contributed by atoms with van der Waals surface area (Å²) in [5, 5.41) is 22.1. The lowest BCUT2D eigenvalue weighted by Gasteiger charge is -2.39. The smallest absolute Gasteiger partial charge is 0.339 e. The normalized spacial score (nSPS) is 19.4. The zero-order chi connectivity index (χ0) is 22.6. The summed E-state index contributed by atoms with van der Waals surface area (Å²) in [5.41, 5.74) is -1.82. The van der Waals surface area contributed by atoms with Crippen LogP contribution >= 0.6 is 0 Å². The Morgan fingerprint density at radius 1 is 1.13 bits per heavy atom. The van der Waals surface area contributed by atoms with Crippen molar-refractivity contribution in [1.82, 2.24) is 0 Å². The van der Waals surface area contributed by atoms with Crippen molar-refractivity contribution >= 4 is 23.1 Å². The summed E-state index contributed by atoms with van der Waals surface area (Å²) in [6, 6.07) is 2.34. The minimum absolute atomic E-state index is 0.325. The Morgan fingerprint density at radius 2 is 1.67 bits per heavy atom. The number of non-ortho nitro benzene ring substituents is 2. The molecule has 0 bridgehead atoms. The van der Waals surface area contributed by atoms with E-state index in [2.05, 4.69) is 0 Å². The molecule has 0 N–H and O–H groups in total. The number of nitrogens with zero attached hydrogens (tertiary/aromatic N) is 2. The highest BCUT2D eigenvalue weighted by Crippen LogP contribution is 2.28. The van der Waals surface area contributed by atoms with Crippen molar-refractivity contribution in [2.75, 3.05) is 20.8 Å². The van der Waals surface area contributed by atoms with Gasteiger partial charge in [-0.3, -0.25) is 25.0 Å². The molecule has 1 heterocycles. The molecule has 1 aliphatic heterocycles. The molecule has 0 radical (unpaired) electrons. The van der Waals surface area contributed by atoms with Gasteiger partial charge in [0.05, 0.1) is 21.5 Å². The first kappa shape index (κ1) is 23.3. The third-order valence-electron chi connectivity index (χ3n) is 4.12. The topological polar surface area (TPSA) is 167 Å². The van der Waals surface area contributed by atoms with Crippen molar-refractivity contribution in [1.29, 1.82) is 0 Å². The van der Waals surface area contributed by atoms with Gasteiger partial charge in [0.15, 0.2) is 30.1 Å². The molecule has 13 nitrogen and oxygen atoms in total. The largest absolute Gasteiger partial charge is 0.450 e. The number of methoxy groups -OCH3 is 2. The number of nitro benzene ring substituents is 2. The molecule has 0 aromatic heterocycles.